The van der Waals surface area contributed by atoms with Crippen LogP contribution in [0.25, 0.3) is 11.1 Å². The summed E-state index contributed by atoms with van der Waals surface area (Å²) in [7, 11) is 0. The second-order valence-corrected chi connectivity index (χ2v) is 10.2. The minimum Gasteiger partial charge on any atom is -0.487 e. The van der Waals surface area contributed by atoms with Gasteiger partial charge in [-0.1, -0.05) is 38.1 Å². The maximum Gasteiger partial charge on any atom is 0.573 e. The predicted octanol–water partition coefficient (Wildman–Crippen LogP) is 8.31. The first-order valence-corrected chi connectivity index (χ1v) is 12.3. The van der Waals surface area contributed by atoms with Gasteiger partial charge in [0.05, 0.1) is 6.10 Å². The number of fused-ring (bicyclic) bond motifs is 1. The van der Waals surface area contributed by atoms with Crippen molar-refractivity contribution in [1.29, 1.82) is 0 Å². The van der Waals surface area contributed by atoms with E-state index in [0.717, 1.165) is 31.4 Å². The van der Waals surface area contributed by atoms with E-state index in [2.05, 4.69) is 4.74 Å². The molecule has 1 unspecified atom stereocenters. The smallest absolute Gasteiger partial charge is 0.487 e. The van der Waals surface area contributed by atoms with Crippen molar-refractivity contribution < 1.29 is 36.5 Å². The highest BCUT2D eigenvalue weighted by Crippen LogP contribution is 2.54. The van der Waals surface area contributed by atoms with Crippen molar-refractivity contribution in [3.8, 4) is 22.6 Å². The summed E-state index contributed by atoms with van der Waals surface area (Å²) in [5.74, 6) is -0.565. The Morgan fingerprint density at radius 3 is 2.22 bits per heavy atom. The average Bonchev–Trinajstić information content (AvgIpc) is 2.81. The van der Waals surface area contributed by atoms with Crippen LogP contribution < -0.4 is 9.47 Å². The first kappa shape index (κ1) is 25.5. The number of rotatable bonds is 5. The Morgan fingerprint density at radius 2 is 1.68 bits per heavy atom. The van der Waals surface area contributed by atoms with E-state index < -0.39 is 35.8 Å². The zero-order chi connectivity index (χ0) is 26.5. The third kappa shape index (κ3) is 4.91. The molecule has 1 aliphatic carbocycles. The molecule has 196 valence electrons. The minimum absolute atomic E-state index is 0.126. The van der Waals surface area contributed by atoms with Gasteiger partial charge in [-0.05, 0) is 77.8 Å². The van der Waals surface area contributed by atoms with Crippen molar-refractivity contribution in [2.45, 2.75) is 69.7 Å². The number of hydrogen-bond acceptors (Lipinski definition) is 3. The number of benzene rings is 3. The van der Waals surface area contributed by atoms with E-state index in [-0.39, 0.29) is 17.0 Å². The molecule has 2 atom stereocenters. The van der Waals surface area contributed by atoms with Crippen LogP contribution in [0.2, 0.25) is 0 Å². The number of halogens is 5. The Hall–Kier alpha value is -3.13. The van der Waals surface area contributed by atoms with Crippen LogP contribution in [0.1, 0.15) is 80.0 Å². The van der Waals surface area contributed by atoms with E-state index in [1.807, 2.05) is 13.8 Å². The molecule has 1 saturated carbocycles. The van der Waals surface area contributed by atoms with Crippen molar-refractivity contribution in [1.82, 2.24) is 0 Å². The molecular formula is C29H27F5O3. The third-order valence-corrected chi connectivity index (χ3v) is 7.31. The molecule has 0 amide bonds. The summed E-state index contributed by atoms with van der Waals surface area (Å²) in [6, 6.07) is 12.0. The summed E-state index contributed by atoms with van der Waals surface area (Å²) < 4.78 is 78.4. The van der Waals surface area contributed by atoms with Crippen LogP contribution in [0.15, 0.2) is 54.6 Å². The van der Waals surface area contributed by atoms with Gasteiger partial charge in [-0.2, -0.15) is 0 Å². The van der Waals surface area contributed by atoms with E-state index in [9.17, 15) is 22.7 Å². The van der Waals surface area contributed by atoms with E-state index in [4.69, 9.17) is 4.74 Å². The van der Waals surface area contributed by atoms with Gasteiger partial charge in [0, 0.05) is 17.5 Å². The van der Waals surface area contributed by atoms with Crippen molar-refractivity contribution in [3.63, 3.8) is 0 Å². The summed E-state index contributed by atoms with van der Waals surface area (Å²) in [5, 5.41) is 11.3. The predicted molar refractivity (Wildman–Crippen MR) is 129 cm³/mol. The molecule has 0 aromatic heterocycles. The maximum atomic E-state index is 16.5. The summed E-state index contributed by atoms with van der Waals surface area (Å²) in [6.45, 7) is 3.82. The second-order valence-electron chi connectivity index (χ2n) is 10.2. The first-order chi connectivity index (χ1) is 17.5. The van der Waals surface area contributed by atoms with E-state index in [1.165, 1.54) is 36.4 Å². The molecule has 8 heteroatoms. The van der Waals surface area contributed by atoms with E-state index >= 15 is 4.39 Å². The number of aliphatic hydroxyl groups is 1. The SMILES string of the molecule is CC(C)c1cc2c(c(-c3ccc(F)cc3)c1C(F)c1ccc(OC(F)(F)F)cc1)[C@@H](O)CC1(CCC1)O2. The molecule has 3 aromatic rings. The fourth-order valence-electron chi connectivity index (χ4n) is 5.41. The van der Waals surface area contributed by atoms with Crippen molar-refractivity contribution >= 4 is 0 Å². The molecule has 3 aromatic carbocycles. The normalized spacial score (nSPS) is 19.2. The lowest BCUT2D eigenvalue weighted by Crippen LogP contribution is -2.47. The lowest BCUT2D eigenvalue weighted by molar-refractivity contribution is -0.274. The number of alkyl halides is 4. The Morgan fingerprint density at radius 1 is 1.03 bits per heavy atom. The van der Waals surface area contributed by atoms with Crippen LogP contribution in [0.4, 0.5) is 22.0 Å². The first-order valence-electron chi connectivity index (χ1n) is 12.3. The Bertz CT molecular complexity index is 1280. The van der Waals surface area contributed by atoms with Crippen LogP contribution in [0.3, 0.4) is 0 Å². The summed E-state index contributed by atoms with van der Waals surface area (Å²) in [4.78, 5) is 0. The highest BCUT2D eigenvalue weighted by Gasteiger charge is 2.47. The van der Waals surface area contributed by atoms with Gasteiger partial charge < -0.3 is 14.6 Å². The highest BCUT2D eigenvalue weighted by molar-refractivity contribution is 5.78. The Labute approximate surface area is 211 Å². The largest absolute Gasteiger partial charge is 0.573 e. The Balaban J connectivity index is 1.69. The van der Waals surface area contributed by atoms with Gasteiger partial charge in [0.2, 0.25) is 0 Å². The van der Waals surface area contributed by atoms with Crippen molar-refractivity contribution in [2.75, 3.05) is 0 Å². The monoisotopic (exact) mass is 518 g/mol. The lowest BCUT2D eigenvalue weighted by atomic mass is 9.71. The molecule has 1 spiro atoms. The van der Waals surface area contributed by atoms with Crippen LogP contribution in [0.5, 0.6) is 11.5 Å². The molecule has 5 rings (SSSR count). The van der Waals surface area contributed by atoms with Gasteiger partial charge in [-0.15, -0.1) is 13.2 Å². The molecule has 37 heavy (non-hydrogen) atoms. The van der Waals surface area contributed by atoms with Gasteiger partial charge in [-0.25, -0.2) is 8.78 Å². The molecule has 0 bridgehead atoms. The van der Waals surface area contributed by atoms with Crippen LogP contribution in [0, 0.1) is 5.82 Å². The van der Waals surface area contributed by atoms with E-state index in [0.29, 0.717) is 34.4 Å². The fourth-order valence-corrected chi connectivity index (χ4v) is 5.41. The molecule has 1 fully saturated rings. The van der Waals surface area contributed by atoms with E-state index in [1.54, 1.807) is 6.07 Å². The zero-order valence-corrected chi connectivity index (χ0v) is 20.4. The van der Waals surface area contributed by atoms with Gasteiger partial charge in [-0.3, -0.25) is 0 Å². The molecule has 1 aliphatic heterocycles. The summed E-state index contributed by atoms with van der Waals surface area (Å²) >= 11 is 0. The van der Waals surface area contributed by atoms with Crippen LogP contribution in [-0.2, 0) is 0 Å². The second kappa shape index (κ2) is 9.31. The average molecular weight is 519 g/mol. The molecule has 2 aliphatic rings. The number of hydrogen-bond donors (Lipinski definition) is 1. The van der Waals surface area contributed by atoms with Gasteiger partial charge in [0.15, 0.2) is 6.17 Å². The molecule has 0 saturated heterocycles. The van der Waals surface area contributed by atoms with Gasteiger partial charge in [0.25, 0.3) is 0 Å². The highest BCUT2D eigenvalue weighted by atomic mass is 19.4. The molecule has 1 N–H and O–H groups in total. The van der Waals surface area contributed by atoms with Gasteiger partial charge >= 0.3 is 6.36 Å². The lowest BCUT2D eigenvalue weighted by Gasteiger charge is -2.47. The van der Waals surface area contributed by atoms with Gasteiger partial charge in [0.1, 0.15) is 22.9 Å². The summed E-state index contributed by atoms with van der Waals surface area (Å²) in [5.41, 5.74) is 1.99. The fraction of sp³-hybridized carbons (Fsp3) is 0.379. The zero-order valence-electron chi connectivity index (χ0n) is 20.4. The molecular weight excluding hydrogens is 491 g/mol. The molecule has 0 radical (unpaired) electrons. The van der Waals surface area contributed by atoms with Crippen LogP contribution >= 0.6 is 0 Å². The number of ether oxygens (including phenoxy) is 2. The maximum absolute atomic E-state index is 16.5. The third-order valence-electron chi connectivity index (χ3n) is 7.31. The van der Waals surface area contributed by atoms with Crippen molar-refractivity contribution in [3.05, 3.63) is 82.7 Å². The minimum atomic E-state index is -4.86. The quantitative estimate of drug-likeness (QED) is 0.345. The van der Waals surface area contributed by atoms with Crippen LogP contribution in [-0.4, -0.2) is 17.1 Å². The standard InChI is InChI=1S/C29H27F5O3/c1-16(2)21-14-23-26(22(35)15-28(37-23)12-3-13-28)24(17-4-8-19(30)9-5-17)25(21)27(31)18-6-10-20(11-7-18)36-29(32,33)34/h4-11,14,16,22,27,35H,3,12-13,15H2,1-2H3/t22-,27?/m0/s1. The molecule has 1 heterocycles. The van der Waals surface area contributed by atoms with Crippen molar-refractivity contribution in [2.24, 2.45) is 0 Å². The summed E-state index contributed by atoms with van der Waals surface area (Å²) in [6.07, 6.45) is -4.49. The topological polar surface area (TPSA) is 38.7 Å². The Kier molecular flexibility index (Phi) is 6.42. The molecule has 3 nitrogen and oxygen atoms in total. The number of aliphatic hydroxyl groups excluding tert-OH is 1.